The van der Waals surface area contributed by atoms with E-state index in [0.29, 0.717) is 11.8 Å². The van der Waals surface area contributed by atoms with E-state index in [1.807, 2.05) is 53.8 Å². The summed E-state index contributed by atoms with van der Waals surface area (Å²) in [5.41, 5.74) is 5.76. The van der Waals surface area contributed by atoms with Crippen LogP contribution in [0.5, 0.6) is 5.75 Å². The van der Waals surface area contributed by atoms with Crippen LogP contribution < -0.4 is 4.74 Å². The van der Waals surface area contributed by atoms with Crippen LogP contribution in [0.1, 0.15) is 132 Å². The molecule has 7 heteroatoms. The summed E-state index contributed by atoms with van der Waals surface area (Å²) in [7, 11) is 0. The number of rotatable bonds is 10. The number of ether oxygens (including phenoxy) is 1. The first-order chi connectivity index (χ1) is 24.0. The number of allylic oxidation sites excluding steroid dienone is 2. The van der Waals surface area contributed by atoms with Crippen LogP contribution in [-0.2, 0) is 30.3 Å². The first-order valence-corrected chi connectivity index (χ1v) is 19.8. The summed E-state index contributed by atoms with van der Waals surface area (Å²) in [5, 5.41) is 15.7. The zero-order chi connectivity index (χ0) is 37.5. The van der Waals surface area contributed by atoms with Crippen LogP contribution in [0.15, 0.2) is 58.2 Å². The molecule has 5 aromatic rings. The third-order valence-corrected chi connectivity index (χ3v) is 12.6. The summed E-state index contributed by atoms with van der Waals surface area (Å²) in [6, 6.07) is 14.2. The van der Waals surface area contributed by atoms with Gasteiger partial charge in [-0.3, -0.25) is 9.78 Å². The number of aliphatic hydroxyl groups is 1. The van der Waals surface area contributed by atoms with Crippen molar-refractivity contribution < 1.29 is 39.2 Å². The minimum absolute atomic E-state index is 0. The summed E-state index contributed by atoms with van der Waals surface area (Å²) < 4.78 is 14.0. The molecule has 0 fully saturated rings. The van der Waals surface area contributed by atoms with Gasteiger partial charge >= 0.3 is 0 Å². The van der Waals surface area contributed by atoms with E-state index in [1.54, 1.807) is 11.3 Å². The largest absolute Gasteiger partial charge is 0.512 e. The van der Waals surface area contributed by atoms with Gasteiger partial charge in [-0.2, -0.15) is 11.3 Å². The van der Waals surface area contributed by atoms with Crippen molar-refractivity contribution >= 4 is 49.1 Å². The van der Waals surface area contributed by atoms with E-state index in [1.165, 1.54) is 21.9 Å². The van der Waals surface area contributed by atoms with Crippen molar-refractivity contribution in [2.24, 2.45) is 16.7 Å². The summed E-state index contributed by atoms with van der Waals surface area (Å²) in [6.45, 7) is 25.7. The van der Waals surface area contributed by atoms with E-state index in [0.717, 1.165) is 76.4 Å². The Kier molecular flexibility index (Phi) is 13.0. The SMILES string of the molecule is CC(C)CC1c2c(ccc3oc4ccnc(-c5[c-]c6ccsc6c(C(C)(C)C)c5)c4c23)OC1C.CCC(C)(CC)C(=O)/C=C(\O)C(C)(CC)CC.[Ir]. The monoisotopic (exact) mass is 901 g/mol. The zero-order valence-electron chi connectivity index (χ0n) is 33.2. The summed E-state index contributed by atoms with van der Waals surface area (Å²) in [5.74, 6) is 2.18. The van der Waals surface area contributed by atoms with Crippen molar-refractivity contribution in [2.75, 3.05) is 0 Å². The van der Waals surface area contributed by atoms with Gasteiger partial charge < -0.3 is 14.3 Å². The second-order valence-corrected chi connectivity index (χ2v) is 17.4. The molecule has 0 saturated heterocycles. The number of nitrogens with zero attached hydrogens (tertiary/aromatic N) is 1. The van der Waals surface area contributed by atoms with Crippen LogP contribution in [-0.4, -0.2) is 22.0 Å². The van der Waals surface area contributed by atoms with Crippen LogP contribution >= 0.6 is 11.3 Å². The Labute approximate surface area is 329 Å². The fourth-order valence-electron chi connectivity index (χ4n) is 7.20. The molecule has 0 aliphatic carbocycles. The van der Waals surface area contributed by atoms with Crippen molar-refractivity contribution in [1.29, 1.82) is 0 Å². The summed E-state index contributed by atoms with van der Waals surface area (Å²) in [6.07, 6.45) is 7.84. The summed E-state index contributed by atoms with van der Waals surface area (Å²) in [4.78, 5) is 17.1. The second kappa shape index (κ2) is 16.2. The molecule has 1 aliphatic heterocycles. The van der Waals surface area contributed by atoms with Crippen molar-refractivity contribution in [3.8, 4) is 17.0 Å². The number of fused-ring (bicyclic) bond motifs is 6. The molecule has 3 aromatic heterocycles. The van der Waals surface area contributed by atoms with Crippen LogP contribution in [0.25, 0.3) is 43.3 Å². The maximum Gasteiger partial charge on any atom is 0.164 e. The minimum Gasteiger partial charge on any atom is -0.512 e. The molecule has 2 aromatic carbocycles. The van der Waals surface area contributed by atoms with E-state index in [-0.39, 0.29) is 54.0 Å². The van der Waals surface area contributed by atoms with E-state index < -0.39 is 0 Å². The van der Waals surface area contributed by atoms with Gasteiger partial charge in [0.1, 0.15) is 28.8 Å². The number of aliphatic hydroxyl groups excluding tert-OH is 1. The van der Waals surface area contributed by atoms with Gasteiger partial charge in [-0.1, -0.05) is 87.3 Å². The van der Waals surface area contributed by atoms with Gasteiger partial charge in [0.2, 0.25) is 0 Å². The second-order valence-electron chi connectivity index (χ2n) is 16.5. The number of hydrogen-bond donors (Lipinski definition) is 1. The van der Waals surface area contributed by atoms with E-state index >= 15 is 0 Å². The Morgan fingerprint density at radius 2 is 1.60 bits per heavy atom. The Bertz CT molecular complexity index is 2050. The van der Waals surface area contributed by atoms with Crippen molar-refractivity contribution in [2.45, 2.75) is 133 Å². The number of thiophene rings is 1. The number of pyridine rings is 1. The standard InChI is InChI=1S/C30H30NO2S.C15H28O2.Ir/c1-16(2)13-20-17(3)32-22-7-8-23-26(25(20)22)27-24(33-23)9-11-31-28(27)19-14-18-10-12-34-29(18)21(15-19)30(4,5)6;1-7-14(5,8-2)12(16)11-13(17)15(6,9-3)10-4;/h7-12,15-17,20H,13H2,1-6H3;11,16H,7-10H2,1-6H3;/q-1;;/b;12-11-;. The molecular weight excluding hydrogens is 843 g/mol. The average molecular weight is 901 g/mol. The fraction of sp³-hybridized carbons (Fsp3) is 0.511. The third kappa shape index (κ3) is 7.93. The Balaban J connectivity index is 0.000000289. The van der Waals surface area contributed by atoms with E-state index in [2.05, 4.69) is 77.3 Å². The van der Waals surface area contributed by atoms with Gasteiger partial charge in [0.15, 0.2) is 5.78 Å². The number of furan rings is 1. The van der Waals surface area contributed by atoms with Gasteiger partial charge in [-0.25, -0.2) is 0 Å². The van der Waals surface area contributed by atoms with Gasteiger partial charge in [-0.15, -0.1) is 23.6 Å². The van der Waals surface area contributed by atoms with Crippen LogP contribution in [0.3, 0.4) is 0 Å². The Morgan fingerprint density at radius 3 is 2.19 bits per heavy atom. The van der Waals surface area contributed by atoms with Crippen LogP contribution in [0.2, 0.25) is 0 Å². The van der Waals surface area contributed by atoms with Crippen LogP contribution in [0, 0.1) is 22.8 Å². The number of carbonyl (C=O) groups excluding carboxylic acids is 1. The number of benzene rings is 2. The minimum atomic E-state index is -0.337. The van der Waals surface area contributed by atoms with Crippen molar-refractivity contribution in [1.82, 2.24) is 4.98 Å². The maximum atomic E-state index is 12.2. The smallest absolute Gasteiger partial charge is 0.164 e. The molecule has 0 saturated carbocycles. The van der Waals surface area contributed by atoms with Gasteiger partial charge in [0.25, 0.3) is 0 Å². The molecule has 6 rings (SSSR count). The predicted octanol–water partition coefficient (Wildman–Crippen LogP) is 13.5. The first kappa shape index (κ1) is 41.8. The number of carbonyl (C=O) groups is 1. The molecule has 4 heterocycles. The number of ketones is 1. The number of hydrogen-bond acceptors (Lipinski definition) is 6. The molecule has 52 heavy (non-hydrogen) atoms. The topological polar surface area (TPSA) is 72.6 Å². The molecule has 283 valence electrons. The molecule has 5 nitrogen and oxygen atoms in total. The molecule has 2 atom stereocenters. The third-order valence-electron chi connectivity index (χ3n) is 11.7. The molecule has 1 radical (unpaired) electrons. The van der Waals surface area contributed by atoms with Gasteiger partial charge in [-0.05, 0) is 78.6 Å². The van der Waals surface area contributed by atoms with Crippen molar-refractivity contribution in [3.05, 3.63) is 70.9 Å². The van der Waals surface area contributed by atoms with E-state index in [9.17, 15) is 9.90 Å². The Hall–Kier alpha value is -2.99. The average Bonchev–Trinajstić information content (AvgIpc) is 3.81. The Morgan fingerprint density at radius 1 is 0.962 bits per heavy atom. The molecule has 1 aliphatic rings. The van der Waals surface area contributed by atoms with Crippen LogP contribution in [0.4, 0.5) is 0 Å². The molecule has 0 spiro atoms. The molecule has 0 bridgehead atoms. The quantitative estimate of drug-likeness (QED) is 0.0859. The normalized spacial score (nSPS) is 16.5. The summed E-state index contributed by atoms with van der Waals surface area (Å²) >= 11 is 1.79. The van der Waals surface area contributed by atoms with Gasteiger partial charge in [0, 0.05) is 71.2 Å². The van der Waals surface area contributed by atoms with E-state index in [4.69, 9.17) is 14.1 Å². The zero-order valence-corrected chi connectivity index (χ0v) is 36.5. The van der Waals surface area contributed by atoms with Gasteiger partial charge in [0.05, 0.1) is 0 Å². The predicted molar refractivity (Wildman–Crippen MR) is 215 cm³/mol. The molecule has 0 amide bonds. The molecular formula is C45H58IrNO4S-. The van der Waals surface area contributed by atoms with Crippen molar-refractivity contribution in [3.63, 3.8) is 0 Å². The molecule has 2 unspecified atom stereocenters. The molecule has 1 N–H and O–H groups in total. The fourth-order valence-corrected chi connectivity index (χ4v) is 8.28. The number of aromatic nitrogens is 1. The maximum absolute atomic E-state index is 12.2. The first-order valence-electron chi connectivity index (χ1n) is 18.9.